The summed E-state index contributed by atoms with van der Waals surface area (Å²) in [5.74, 6) is -0.221. The molecule has 0 saturated carbocycles. The molecule has 6 heteroatoms. The van der Waals surface area contributed by atoms with E-state index in [1.54, 1.807) is 12.1 Å². The standard InChI is InChI=1S/C14H18F3NO2/c1-13(2)8-7-12(19-13)9-18-10-3-5-11(6-4-10)20-14(15,16)17/h3-6,12,18H,7-9H2,1-2H3. The summed E-state index contributed by atoms with van der Waals surface area (Å²) in [5, 5.41) is 3.15. The van der Waals surface area contributed by atoms with E-state index in [0.29, 0.717) is 6.54 Å². The zero-order chi connectivity index (χ0) is 14.8. The van der Waals surface area contributed by atoms with Crippen LogP contribution in [0.1, 0.15) is 26.7 Å². The lowest BCUT2D eigenvalue weighted by Crippen LogP contribution is -2.24. The monoisotopic (exact) mass is 289 g/mol. The van der Waals surface area contributed by atoms with Crippen LogP contribution in [0.3, 0.4) is 0 Å². The van der Waals surface area contributed by atoms with Gasteiger partial charge in [0.2, 0.25) is 0 Å². The normalized spacial score (nSPS) is 21.8. The molecule has 20 heavy (non-hydrogen) atoms. The summed E-state index contributed by atoms with van der Waals surface area (Å²) in [5.41, 5.74) is 0.657. The van der Waals surface area contributed by atoms with E-state index in [4.69, 9.17) is 4.74 Å². The largest absolute Gasteiger partial charge is 0.573 e. The Hall–Kier alpha value is -1.43. The van der Waals surface area contributed by atoms with Gasteiger partial charge in [0.1, 0.15) is 5.75 Å². The van der Waals surface area contributed by atoms with Gasteiger partial charge in [0.05, 0.1) is 11.7 Å². The van der Waals surface area contributed by atoms with Crippen molar-refractivity contribution in [3.05, 3.63) is 24.3 Å². The van der Waals surface area contributed by atoms with E-state index in [1.807, 2.05) is 0 Å². The zero-order valence-corrected chi connectivity index (χ0v) is 11.5. The second-order valence-corrected chi connectivity index (χ2v) is 5.49. The second-order valence-electron chi connectivity index (χ2n) is 5.49. The highest BCUT2D eigenvalue weighted by Crippen LogP contribution is 2.29. The van der Waals surface area contributed by atoms with Crippen LogP contribution >= 0.6 is 0 Å². The molecule has 1 aliphatic rings. The van der Waals surface area contributed by atoms with E-state index in [9.17, 15) is 13.2 Å². The van der Waals surface area contributed by atoms with Crippen molar-refractivity contribution in [1.29, 1.82) is 0 Å². The summed E-state index contributed by atoms with van der Waals surface area (Å²) in [6.45, 7) is 4.75. The lowest BCUT2D eigenvalue weighted by molar-refractivity contribution is -0.274. The number of ether oxygens (including phenoxy) is 2. The van der Waals surface area contributed by atoms with Gasteiger partial charge < -0.3 is 14.8 Å². The number of alkyl halides is 3. The Kier molecular flexibility index (Phi) is 4.13. The van der Waals surface area contributed by atoms with Crippen LogP contribution in [-0.2, 0) is 4.74 Å². The van der Waals surface area contributed by atoms with Crippen LogP contribution in [0.2, 0.25) is 0 Å². The van der Waals surface area contributed by atoms with E-state index >= 15 is 0 Å². The van der Waals surface area contributed by atoms with Crippen LogP contribution in [0.5, 0.6) is 5.75 Å². The third kappa shape index (κ3) is 4.59. The molecule has 0 radical (unpaired) electrons. The summed E-state index contributed by atoms with van der Waals surface area (Å²) in [7, 11) is 0. The average molecular weight is 289 g/mol. The molecule has 0 aromatic heterocycles. The van der Waals surface area contributed by atoms with Crippen molar-refractivity contribution in [2.24, 2.45) is 0 Å². The van der Waals surface area contributed by atoms with Crippen molar-refractivity contribution >= 4 is 5.69 Å². The van der Waals surface area contributed by atoms with Crippen molar-refractivity contribution in [1.82, 2.24) is 0 Å². The maximum atomic E-state index is 12.0. The zero-order valence-electron chi connectivity index (χ0n) is 11.5. The molecular weight excluding hydrogens is 271 g/mol. The first-order valence-corrected chi connectivity index (χ1v) is 6.51. The topological polar surface area (TPSA) is 30.5 Å². The van der Waals surface area contributed by atoms with Gasteiger partial charge in [0, 0.05) is 12.2 Å². The van der Waals surface area contributed by atoms with Crippen molar-refractivity contribution in [3.63, 3.8) is 0 Å². The van der Waals surface area contributed by atoms with Gasteiger partial charge in [-0.25, -0.2) is 0 Å². The second kappa shape index (κ2) is 5.52. The Morgan fingerprint density at radius 3 is 2.45 bits per heavy atom. The molecule has 1 atom stereocenters. The molecule has 0 spiro atoms. The maximum Gasteiger partial charge on any atom is 0.573 e. The third-order valence-electron chi connectivity index (χ3n) is 3.18. The molecule has 1 aromatic rings. The molecule has 1 aromatic carbocycles. The number of hydrogen-bond acceptors (Lipinski definition) is 3. The molecule has 1 saturated heterocycles. The Balaban J connectivity index is 1.82. The number of hydrogen-bond donors (Lipinski definition) is 1. The van der Waals surface area contributed by atoms with Crippen LogP contribution in [-0.4, -0.2) is 24.6 Å². The predicted molar refractivity (Wildman–Crippen MR) is 69.8 cm³/mol. The predicted octanol–water partition coefficient (Wildman–Crippen LogP) is 3.95. The van der Waals surface area contributed by atoms with Crippen LogP contribution in [0.15, 0.2) is 24.3 Å². The molecular formula is C14H18F3NO2. The van der Waals surface area contributed by atoms with Crippen molar-refractivity contribution < 1.29 is 22.6 Å². The smallest absolute Gasteiger partial charge is 0.406 e. The number of nitrogens with one attached hydrogen (secondary N) is 1. The maximum absolute atomic E-state index is 12.0. The lowest BCUT2D eigenvalue weighted by Gasteiger charge is -2.19. The lowest BCUT2D eigenvalue weighted by atomic mass is 10.1. The van der Waals surface area contributed by atoms with Gasteiger partial charge in [-0.05, 0) is 51.0 Å². The van der Waals surface area contributed by atoms with Gasteiger partial charge in [0.25, 0.3) is 0 Å². The van der Waals surface area contributed by atoms with Gasteiger partial charge in [0.15, 0.2) is 0 Å². The molecule has 112 valence electrons. The Morgan fingerprint density at radius 2 is 1.95 bits per heavy atom. The van der Waals surface area contributed by atoms with E-state index in [0.717, 1.165) is 18.5 Å². The Labute approximate surface area is 116 Å². The molecule has 1 aliphatic heterocycles. The first-order valence-electron chi connectivity index (χ1n) is 6.51. The van der Waals surface area contributed by atoms with Gasteiger partial charge in [-0.1, -0.05) is 0 Å². The van der Waals surface area contributed by atoms with Gasteiger partial charge in [-0.2, -0.15) is 0 Å². The average Bonchev–Trinajstić information content (AvgIpc) is 2.66. The van der Waals surface area contributed by atoms with Gasteiger partial charge in [-0.15, -0.1) is 13.2 Å². The van der Waals surface area contributed by atoms with E-state index in [1.165, 1.54) is 12.1 Å². The molecule has 2 rings (SSSR count). The van der Waals surface area contributed by atoms with E-state index in [-0.39, 0.29) is 17.5 Å². The third-order valence-corrected chi connectivity index (χ3v) is 3.18. The fraction of sp³-hybridized carbons (Fsp3) is 0.571. The molecule has 1 fully saturated rings. The number of benzene rings is 1. The quantitative estimate of drug-likeness (QED) is 0.910. The summed E-state index contributed by atoms with van der Waals surface area (Å²) in [6, 6.07) is 5.69. The fourth-order valence-electron chi connectivity index (χ4n) is 2.23. The number of rotatable bonds is 4. The summed E-state index contributed by atoms with van der Waals surface area (Å²) >= 11 is 0. The Bertz CT molecular complexity index is 443. The summed E-state index contributed by atoms with van der Waals surface area (Å²) < 4.78 is 45.7. The van der Waals surface area contributed by atoms with Gasteiger partial charge in [-0.3, -0.25) is 0 Å². The van der Waals surface area contributed by atoms with Crippen LogP contribution in [0.4, 0.5) is 18.9 Å². The number of halogens is 3. The van der Waals surface area contributed by atoms with E-state index in [2.05, 4.69) is 23.9 Å². The van der Waals surface area contributed by atoms with Crippen molar-refractivity contribution in [2.75, 3.05) is 11.9 Å². The van der Waals surface area contributed by atoms with Gasteiger partial charge >= 0.3 is 6.36 Å². The van der Waals surface area contributed by atoms with Crippen LogP contribution in [0, 0.1) is 0 Å². The molecule has 0 aliphatic carbocycles. The van der Waals surface area contributed by atoms with Crippen molar-refractivity contribution in [2.45, 2.75) is 44.8 Å². The molecule has 1 heterocycles. The first-order chi connectivity index (χ1) is 9.23. The molecule has 0 bridgehead atoms. The highest BCUT2D eigenvalue weighted by atomic mass is 19.4. The number of anilines is 1. The SMILES string of the molecule is CC1(C)CCC(CNc2ccc(OC(F)(F)F)cc2)O1. The fourth-order valence-corrected chi connectivity index (χ4v) is 2.23. The first kappa shape index (κ1) is 15.0. The van der Waals surface area contributed by atoms with Crippen LogP contribution in [0.25, 0.3) is 0 Å². The highest BCUT2D eigenvalue weighted by Gasteiger charge is 2.32. The Morgan fingerprint density at radius 1 is 1.30 bits per heavy atom. The molecule has 1 unspecified atom stereocenters. The molecule has 1 N–H and O–H groups in total. The highest BCUT2D eigenvalue weighted by molar-refractivity contribution is 5.46. The molecule has 3 nitrogen and oxygen atoms in total. The minimum atomic E-state index is -4.65. The van der Waals surface area contributed by atoms with E-state index < -0.39 is 6.36 Å². The minimum Gasteiger partial charge on any atom is -0.406 e. The van der Waals surface area contributed by atoms with Crippen LogP contribution < -0.4 is 10.1 Å². The minimum absolute atomic E-state index is 0.0866. The molecule has 0 amide bonds. The summed E-state index contributed by atoms with van der Waals surface area (Å²) in [4.78, 5) is 0. The van der Waals surface area contributed by atoms with Crippen molar-refractivity contribution in [3.8, 4) is 5.75 Å². The summed E-state index contributed by atoms with van der Waals surface area (Å²) in [6.07, 6.45) is -2.53.